The van der Waals surface area contributed by atoms with Crippen LogP contribution < -0.4 is 16.0 Å². The van der Waals surface area contributed by atoms with Crippen LogP contribution in [0.25, 0.3) is 0 Å². The number of hydrogen-bond donors (Lipinski definition) is 3. The predicted molar refractivity (Wildman–Crippen MR) is 98.4 cm³/mol. The van der Waals surface area contributed by atoms with Gasteiger partial charge in [-0.25, -0.2) is 18.2 Å². The van der Waals surface area contributed by atoms with Gasteiger partial charge in [-0.2, -0.15) is 0 Å². The van der Waals surface area contributed by atoms with E-state index in [9.17, 15) is 13.2 Å². The third-order valence-corrected chi connectivity index (χ3v) is 4.39. The van der Waals surface area contributed by atoms with E-state index in [-0.39, 0.29) is 17.0 Å². The number of anilines is 2. The van der Waals surface area contributed by atoms with Crippen molar-refractivity contribution < 1.29 is 13.2 Å². The fourth-order valence-electron chi connectivity index (χ4n) is 2.14. The molecule has 1 aromatic heterocycles. The van der Waals surface area contributed by atoms with E-state index < -0.39 is 9.84 Å². The van der Waals surface area contributed by atoms with Gasteiger partial charge < -0.3 is 16.0 Å². The number of nitrogens with zero attached hydrogens (tertiary/aromatic N) is 1. The van der Waals surface area contributed by atoms with Gasteiger partial charge in [-0.1, -0.05) is 12.1 Å². The number of nitrogens with one attached hydrogen (secondary N) is 3. The van der Waals surface area contributed by atoms with Crippen molar-refractivity contribution in [2.24, 2.45) is 0 Å². The third-order valence-electron chi connectivity index (χ3n) is 3.26. The molecule has 134 valence electrons. The second-order valence-electron chi connectivity index (χ2n) is 5.93. The van der Waals surface area contributed by atoms with Crippen molar-refractivity contribution in [1.82, 2.24) is 10.3 Å². The Balaban J connectivity index is 2.00. The molecule has 0 atom stereocenters. The summed E-state index contributed by atoms with van der Waals surface area (Å²) in [6.07, 6.45) is 2.69. The molecule has 8 heteroatoms. The molecule has 1 heterocycles. The van der Waals surface area contributed by atoms with Gasteiger partial charge in [-0.3, -0.25) is 0 Å². The first-order valence-electron chi connectivity index (χ1n) is 7.81. The minimum absolute atomic E-state index is 0.0610. The maximum Gasteiger partial charge on any atom is 0.319 e. The predicted octanol–water partition coefficient (Wildman–Crippen LogP) is 2.63. The Kier molecular flexibility index (Phi) is 5.97. The molecular formula is C17H22N4O3S. The molecule has 0 saturated heterocycles. The van der Waals surface area contributed by atoms with Crippen LogP contribution in [0.2, 0.25) is 0 Å². The highest BCUT2D eigenvalue weighted by Crippen LogP contribution is 2.19. The fourth-order valence-corrected chi connectivity index (χ4v) is 2.95. The maximum absolute atomic E-state index is 11.8. The molecule has 0 radical (unpaired) electrons. The van der Waals surface area contributed by atoms with E-state index >= 15 is 0 Å². The van der Waals surface area contributed by atoms with E-state index in [0.717, 1.165) is 11.8 Å². The fraction of sp³-hybridized carbons (Fsp3) is 0.294. The van der Waals surface area contributed by atoms with E-state index in [2.05, 4.69) is 20.9 Å². The van der Waals surface area contributed by atoms with Gasteiger partial charge in [0.25, 0.3) is 0 Å². The first-order valence-corrected chi connectivity index (χ1v) is 9.70. The van der Waals surface area contributed by atoms with Gasteiger partial charge in [0.1, 0.15) is 10.7 Å². The highest BCUT2D eigenvalue weighted by atomic mass is 32.2. The van der Waals surface area contributed by atoms with Gasteiger partial charge in [0.05, 0.1) is 0 Å². The molecule has 0 bridgehead atoms. The van der Waals surface area contributed by atoms with Crippen LogP contribution >= 0.6 is 0 Å². The van der Waals surface area contributed by atoms with Gasteiger partial charge in [0.2, 0.25) is 0 Å². The molecule has 25 heavy (non-hydrogen) atoms. The lowest BCUT2D eigenvalue weighted by Crippen LogP contribution is -2.34. The summed E-state index contributed by atoms with van der Waals surface area (Å²) in [5, 5.41) is 8.52. The van der Waals surface area contributed by atoms with Gasteiger partial charge in [0, 0.05) is 30.7 Å². The highest BCUT2D eigenvalue weighted by molar-refractivity contribution is 7.90. The molecule has 3 N–H and O–H groups in total. The maximum atomic E-state index is 11.8. The van der Waals surface area contributed by atoms with Crippen LogP contribution in [-0.4, -0.2) is 31.7 Å². The highest BCUT2D eigenvalue weighted by Gasteiger charge is 2.13. The monoisotopic (exact) mass is 362 g/mol. The quantitative estimate of drug-likeness (QED) is 0.733. The molecule has 2 rings (SSSR count). The Labute approximate surface area is 147 Å². The van der Waals surface area contributed by atoms with Crippen LogP contribution in [0.4, 0.5) is 16.3 Å². The number of carbonyl (C=O) groups excluding carboxylic acids is 1. The van der Waals surface area contributed by atoms with Gasteiger partial charge in [-0.05, 0) is 43.7 Å². The Morgan fingerprint density at radius 2 is 1.84 bits per heavy atom. The standard InChI is InChI=1S/C17H22N4O3S/c1-12(2)20-17(22)21-14-8-6-13(7-9-14)11-19-16-15(25(3,23)24)5-4-10-18-16/h4-10,12H,11H2,1-3H3,(H,18,19)(H2,20,21,22). The molecule has 0 aliphatic carbocycles. The number of hydrogen-bond acceptors (Lipinski definition) is 5. The zero-order valence-electron chi connectivity index (χ0n) is 14.4. The number of pyridine rings is 1. The Morgan fingerprint density at radius 3 is 2.44 bits per heavy atom. The lowest BCUT2D eigenvalue weighted by atomic mass is 10.2. The average Bonchev–Trinajstić information content (AvgIpc) is 2.53. The zero-order chi connectivity index (χ0) is 18.4. The Morgan fingerprint density at radius 1 is 1.16 bits per heavy atom. The minimum atomic E-state index is -3.35. The van der Waals surface area contributed by atoms with E-state index in [1.165, 1.54) is 12.3 Å². The number of amides is 2. The summed E-state index contributed by atoms with van der Waals surface area (Å²) in [6.45, 7) is 4.19. The van der Waals surface area contributed by atoms with Crippen molar-refractivity contribution in [2.45, 2.75) is 31.3 Å². The van der Waals surface area contributed by atoms with Gasteiger partial charge in [-0.15, -0.1) is 0 Å². The first kappa shape index (κ1) is 18.7. The van der Waals surface area contributed by atoms with E-state index in [1.54, 1.807) is 18.2 Å². The summed E-state index contributed by atoms with van der Waals surface area (Å²) in [4.78, 5) is 15.9. The van der Waals surface area contributed by atoms with Crippen molar-refractivity contribution in [3.05, 3.63) is 48.2 Å². The van der Waals surface area contributed by atoms with Crippen LogP contribution in [0.1, 0.15) is 19.4 Å². The average molecular weight is 362 g/mol. The molecule has 0 unspecified atom stereocenters. The largest absolute Gasteiger partial charge is 0.365 e. The lowest BCUT2D eigenvalue weighted by molar-refractivity contribution is 0.250. The number of urea groups is 1. The van der Waals surface area contributed by atoms with Crippen LogP contribution in [-0.2, 0) is 16.4 Å². The minimum Gasteiger partial charge on any atom is -0.365 e. The van der Waals surface area contributed by atoms with Crippen LogP contribution in [0.15, 0.2) is 47.5 Å². The van der Waals surface area contributed by atoms with Crippen molar-refractivity contribution in [1.29, 1.82) is 0 Å². The normalized spacial score (nSPS) is 11.2. The number of benzene rings is 1. The van der Waals surface area contributed by atoms with E-state index in [4.69, 9.17) is 0 Å². The molecule has 7 nitrogen and oxygen atoms in total. The molecule has 2 aromatic rings. The molecule has 0 aliphatic rings. The van der Waals surface area contributed by atoms with Crippen molar-refractivity contribution in [3.63, 3.8) is 0 Å². The van der Waals surface area contributed by atoms with Crippen LogP contribution in [0.3, 0.4) is 0 Å². The SMILES string of the molecule is CC(C)NC(=O)Nc1ccc(CNc2ncccc2S(C)(=O)=O)cc1. The summed E-state index contributed by atoms with van der Waals surface area (Å²) in [6, 6.07) is 10.2. The molecule has 0 fully saturated rings. The number of aromatic nitrogens is 1. The summed E-state index contributed by atoms with van der Waals surface area (Å²) >= 11 is 0. The molecule has 0 saturated carbocycles. The van der Waals surface area contributed by atoms with Crippen molar-refractivity contribution in [3.8, 4) is 0 Å². The smallest absolute Gasteiger partial charge is 0.319 e. The molecule has 2 amide bonds. The second-order valence-corrected chi connectivity index (χ2v) is 7.91. The summed E-state index contributed by atoms with van der Waals surface area (Å²) in [5.41, 5.74) is 1.61. The summed E-state index contributed by atoms with van der Waals surface area (Å²) in [7, 11) is -3.35. The van der Waals surface area contributed by atoms with Crippen LogP contribution in [0, 0.1) is 0 Å². The summed E-state index contributed by atoms with van der Waals surface area (Å²) < 4.78 is 23.5. The first-order chi connectivity index (χ1) is 11.8. The third kappa shape index (κ3) is 5.75. The van der Waals surface area contributed by atoms with E-state index in [0.29, 0.717) is 18.1 Å². The van der Waals surface area contributed by atoms with Gasteiger partial charge >= 0.3 is 6.03 Å². The number of carbonyl (C=O) groups is 1. The van der Waals surface area contributed by atoms with Gasteiger partial charge in [0.15, 0.2) is 9.84 Å². The molecule has 0 spiro atoms. The van der Waals surface area contributed by atoms with Crippen molar-refractivity contribution in [2.75, 3.05) is 16.9 Å². The molecule has 1 aromatic carbocycles. The second kappa shape index (κ2) is 7.98. The molecule has 0 aliphatic heterocycles. The number of sulfone groups is 1. The van der Waals surface area contributed by atoms with E-state index in [1.807, 2.05) is 26.0 Å². The zero-order valence-corrected chi connectivity index (χ0v) is 15.2. The Bertz CT molecular complexity index is 833. The van der Waals surface area contributed by atoms with Crippen molar-refractivity contribution >= 4 is 27.4 Å². The topological polar surface area (TPSA) is 100 Å². The Hall–Kier alpha value is -2.61. The number of rotatable bonds is 6. The lowest BCUT2D eigenvalue weighted by Gasteiger charge is -2.11. The summed E-state index contributed by atoms with van der Waals surface area (Å²) in [5.74, 6) is 0.323. The molecular weight excluding hydrogens is 340 g/mol. The van der Waals surface area contributed by atoms with Crippen LogP contribution in [0.5, 0.6) is 0 Å².